The number of sulfone groups is 1. The first kappa shape index (κ1) is 24.7. The van der Waals surface area contributed by atoms with Gasteiger partial charge in [-0.15, -0.1) is 0 Å². The minimum absolute atomic E-state index is 0.139. The molecule has 0 amide bonds. The van der Waals surface area contributed by atoms with Crippen LogP contribution in [0.5, 0.6) is 0 Å². The molecule has 2 fully saturated rings. The number of aliphatic hydroxyl groups is 2. The van der Waals surface area contributed by atoms with Gasteiger partial charge in [0.1, 0.15) is 10.6 Å². The van der Waals surface area contributed by atoms with Gasteiger partial charge < -0.3 is 10.2 Å². The van der Waals surface area contributed by atoms with E-state index in [-0.39, 0.29) is 17.4 Å². The molecule has 0 aliphatic heterocycles. The summed E-state index contributed by atoms with van der Waals surface area (Å²) < 4.78 is 68.6. The Morgan fingerprint density at radius 2 is 1.71 bits per heavy atom. The third kappa shape index (κ3) is 4.38. The summed E-state index contributed by atoms with van der Waals surface area (Å²) in [4.78, 5) is 4.08. The maximum atomic E-state index is 13.7. The van der Waals surface area contributed by atoms with Gasteiger partial charge >= 0.3 is 6.18 Å². The fourth-order valence-corrected chi connectivity index (χ4v) is 7.88. The van der Waals surface area contributed by atoms with Gasteiger partial charge in [-0.05, 0) is 70.4 Å². The Hall–Kier alpha value is -2.02. The number of hydrogen-bond donors (Lipinski definition) is 2. The van der Waals surface area contributed by atoms with Crippen molar-refractivity contribution in [3.05, 3.63) is 34.5 Å². The average molecular weight is 530 g/mol. The summed E-state index contributed by atoms with van der Waals surface area (Å²) >= 11 is 1.26. The third-order valence-electron chi connectivity index (χ3n) is 6.56. The number of fused-ring (bicyclic) bond motifs is 1. The molecule has 0 spiro atoms. The molecular formula is C23H26F3N3O4S2. The van der Waals surface area contributed by atoms with Crippen LogP contribution in [0.2, 0.25) is 0 Å². The lowest BCUT2D eigenvalue weighted by atomic mass is 9.93. The number of benzene rings is 1. The molecule has 35 heavy (non-hydrogen) atoms. The van der Waals surface area contributed by atoms with Crippen molar-refractivity contribution in [1.29, 1.82) is 0 Å². The van der Waals surface area contributed by atoms with Gasteiger partial charge in [-0.1, -0.05) is 17.4 Å². The predicted octanol–water partition coefficient (Wildman–Crippen LogP) is 4.34. The Morgan fingerprint density at radius 1 is 1.11 bits per heavy atom. The predicted molar refractivity (Wildman–Crippen MR) is 124 cm³/mol. The van der Waals surface area contributed by atoms with Crippen molar-refractivity contribution in [2.45, 2.75) is 68.7 Å². The number of halogens is 3. The molecule has 2 heterocycles. The largest absolute Gasteiger partial charge is 0.417 e. The molecule has 12 heteroatoms. The van der Waals surface area contributed by atoms with Crippen molar-refractivity contribution in [3.63, 3.8) is 0 Å². The van der Waals surface area contributed by atoms with Crippen LogP contribution < -0.4 is 0 Å². The first-order chi connectivity index (χ1) is 16.1. The Labute approximate surface area is 204 Å². The number of aromatic nitrogens is 3. The van der Waals surface area contributed by atoms with Crippen molar-refractivity contribution in [1.82, 2.24) is 14.6 Å². The van der Waals surface area contributed by atoms with E-state index in [1.807, 2.05) is 0 Å². The third-order valence-corrected chi connectivity index (χ3v) is 9.70. The number of alkyl halides is 3. The second-order valence-corrected chi connectivity index (χ2v) is 13.2. The summed E-state index contributed by atoms with van der Waals surface area (Å²) in [5, 5.41) is 26.7. The molecule has 190 valence electrons. The number of hydrogen-bond acceptors (Lipinski definition) is 7. The van der Waals surface area contributed by atoms with Crippen molar-refractivity contribution in [3.8, 4) is 11.3 Å². The monoisotopic (exact) mass is 529 g/mol. The number of aryl methyl sites for hydroxylation is 1. The maximum Gasteiger partial charge on any atom is 0.417 e. The Balaban J connectivity index is 1.66. The van der Waals surface area contributed by atoms with E-state index < -0.39 is 43.4 Å². The summed E-state index contributed by atoms with van der Waals surface area (Å²) in [6.45, 7) is 4.13. The van der Waals surface area contributed by atoms with Crippen molar-refractivity contribution in [2.24, 2.45) is 11.8 Å². The first-order valence-corrected chi connectivity index (χ1v) is 13.8. The lowest BCUT2D eigenvalue weighted by Crippen LogP contribution is -2.31. The fourth-order valence-electron chi connectivity index (χ4n) is 4.78. The highest BCUT2D eigenvalue weighted by molar-refractivity contribution is 7.91. The van der Waals surface area contributed by atoms with E-state index in [0.717, 1.165) is 37.8 Å². The van der Waals surface area contributed by atoms with E-state index >= 15 is 0 Å². The fraction of sp³-hybridized carbons (Fsp3) is 0.565. The number of imidazole rings is 1. The Bertz CT molecular complexity index is 1400. The molecule has 2 aliphatic rings. The van der Waals surface area contributed by atoms with E-state index in [1.54, 1.807) is 6.92 Å². The Kier molecular flexibility index (Phi) is 5.45. The summed E-state index contributed by atoms with van der Waals surface area (Å²) in [7, 11) is -4.49. The molecule has 0 radical (unpaired) electrons. The van der Waals surface area contributed by atoms with Gasteiger partial charge in [-0.2, -0.15) is 18.3 Å². The molecule has 2 N–H and O–H groups in total. The van der Waals surface area contributed by atoms with Crippen LogP contribution in [0, 0.1) is 18.8 Å². The molecule has 2 aliphatic carbocycles. The van der Waals surface area contributed by atoms with Gasteiger partial charge in [-0.25, -0.2) is 17.9 Å². The molecule has 2 saturated carbocycles. The van der Waals surface area contributed by atoms with Gasteiger partial charge in [-0.3, -0.25) is 0 Å². The maximum absolute atomic E-state index is 13.7. The van der Waals surface area contributed by atoms with Crippen LogP contribution in [0.25, 0.3) is 16.2 Å². The second-order valence-electron chi connectivity index (χ2n) is 10.3. The molecule has 0 unspecified atom stereocenters. The summed E-state index contributed by atoms with van der Waals surface area (Å²) in [6, 6.07) is 2.92. The molecule has 7 nitrogen and oxygen atoms in total. The minimum atomic E-state index is -4.90. The van der Waals surface area contributed by atoms with Gasteiger partial charge in [0.05, 0.1) is 33.2 Å². The lowest BCUT2D eigenvalue weighted by molar-refractivity contribution is -0.139. The average Bonchev–Trinajstić information content (AvgIpc) is 3.62. The molecule has 0 saturated heterocycles. The molecule has 0 atom stereocenters. The number of rotatable bonds is 7. The summed E-state index contributed by atoms with van der Waals surface area (Å²) in [5.74, 6) is -0.593. The molecule has 2 aromatic heterocycles. The van der Waals surface area contributed by atoms with Crippen LogP contribution >= 0.6 is 11.3 Å². The lowest BCUT2D eigenvalue weighted by Gasteiger charge is -2.25. The van der Waals surface area contributed by atoms with E-state index in [2.05, 4.69) is 10.1 Å². The zero-order valence-electron chi connectivity index (χ0n) is 19.4. The number of nitrogens with zero attached hydrogens (tertiary/aromatic N) is 3. The molecule has 5 rings (SSSR count). The quantitative estimate of drug-likeness (QED) is 0.472. The van der Waals surface area contributed by atoms with Crippen LogP contribution in [0.15, 0.2) is 23.1 Å². The van der Waals surface area contributed by atoms with Gasteiger partial charge in [0, 0.05) is 5.56 Å². The zero-order chi connectivity index (χ0) is 25.6. The smallest absolute Gasteiger partial charge is 0.389 e. The van der Waals surface area contributed by atoms with Crippen LogP contribution in [-0.2, 0) is 21.6 Å². The highest BCUT2D eigenvalue weighted by atomic mass is 32.2. The van der Waals surface area contributed by atoms with E-state index in [0.29, 0.717) is 21.4 Å². The second kappa shape index (κ2) is 7.74. The zero-order valence-corrected chi connectivity index (χ0v) is 21.1. The van der Waals surface area contributed by atoms with Crippen LogP contribution in [0.4, 0.5) is 13.2 Å². The molecule has 0 bridgehead atoms. The standard InChI is InChI=1S/C23H26F3N3O4S2/c1-12-18(29-20(27-12)34-19(28-29)22(31,14-5-6-14)15-7-8-15)13-4-9-16(23(24,25)26)17(10-13)35(32,33)11-21(2,3)30/h4,9-10,14-15,30-31H,5-8,11H2,1-3H3. The van der Waals surface area contributed by atoms with Crippen LogP contribution in [-0.4, -0.2) is 44.6 Å². The van der Waals surface area contributed by atoms with Gasteiger partial charge in [0.2, 0.25) is 4.96 Å². The van der Waals surface area contributed by atoms with Crippen molar-refractivity contribution in [2.75, 3.05) is 5.75 Å². The SMILES string of the molecule is Cc1nc2sc(C(O)(C3CC3)C3CC3)nn2c1-c1ccc(C(F)(F)F)c(S(=O)(=O)CC(C)(C)O)c1. The van der Waals surface area contributed by atoms with Gasteiger partial charge in [0.25, 0.3) is 0 Å². The highest BCUT2D eigenvalue weighted by Gasteiger charge is 2.56. The summed E-state index contributed by atoms with van der Waals surface area (Å²) in [6.07, 6.45) is -1.23. The normalized spacial score (nSPS) is 17.9. The minimum Gasteiger partial charge on any atom is -0.389 e. The van der Waals surface area contributed by atoms with Crippen molar-refractivity contribution < 1.29 is 31.8 Å². The topological polar surface area (TPSA) is 105 Å². The van der Waals surface area contributed by atoms with E-state index in [1.165, 1.54) is 35.8 Å². The highest BCUT2D eigenvalue weighted by Crippen LogP contribution is 2.58. The first-order valence-electron chi connectivity index (χ1n) is 11.4. The van der Waals surface area contributed by atoms with Crippen molar-refractivity contribution >= 4 is 26.1 Å². The van der Waals surface area contributed by atoms with E-state index in [9.17, 15) is 31.8 Å². The molecule has 1 aromatic carbocycles. The van der Waals surface area contributed by atoms with Crippen LogP contribution in [0.3, 0.4) is 0 Å². The van der Waals surface area contributed by atoms with E-state index in [4.69, 9.17) is 0 Å². The van der Waals surface area contributed by atoms with Gasteiger partial charge in [0.15, 0.2) is 9.84 Å². The Morgan fingerprint density at radius 3 is 2.23 bits per heavy atom. The summed E-state index contributed by atoms with van der Waals surface area (Å²) in [5.41, 5.74) is -3.00. The molecular weight excluding hydrogens is 503 g/mol. The van der Waals surface area contributed by atoms with Crippen LogP contribution in [0.1, 0.15) is 55.8 Å². The molecule has 3 aromatic rings.